The van der Waals surface area contributed by atoms with Gasteiger partial charge in [-0.05, 0) is 30.5 Å². The minimum atomic E-state index is 0.807. The van der Waals surface area contributed by atoms with Crippen LogP contribution in [-0.4, -0.2) is 0 Å². The van der Waals surface area contributed by atoms with Gasteiger partial charge in [0, 0.05) is 10.6 Å². The quantitative estimate of drug-likeness (QED) is 0.508. The van der Waals surface area contributed by atoms with Crippen molar-refractivity contribution < 1.29 is 0 Å². The number of aryl methyl sites for hydroxylation is 1. The van der Waals surface area contributed by atoms with E-state index in [0.717, 1.165) is 17.0 Å². The first-order chi connectivity index (χ1) is 7.27. The van der Waals surface area contributed by atoms with Gasteiger partial charge >= 0.3 is 0 Å². The molecule has 15 heavy (non-hydrogen) atoms. The largest absolute Gasteiger partial charge is 0.115 e. The number of terminal acetylenes is 1. The molecule has 0 fully saturated rings. The predicted octanol–water partition coefficient (Wildman–Crippen LogP) is 4.44. The zero-order chi connectivity index (χ0) is 11.1. The van der Waals surface area contributed by atoms with Gasteiger partial charge in [-0.2, -0.15) is 0 Å². The molecule has 0 aliphatic heterocycles. The topological polar surface area (TPSA) is 0 Å². The van der Waals surface area contributed by atoms with Crippen LogP contribution < -0.4 is 0 Å². The first-order valence-electron chi connectivity index (χ1n) is 5.53. The fourth-order valence-corrected chi connectivity index (χ4v) is 1.86. The highest BCUT2D eigenvalue weighted by Crippen LogP contribution is 2.19. The van der Waals surface area contributed by atoms with Crippen LogP contribution in [0.4, 0.5) is 0 Å². The summed E-state index contributed by atoms with van der Waals surface area (Å²) in [6, 6.07) is 5.88. The van der Waals surface area contributed by atoms with Gasteiger partial charge in [-0.1, -0.05) is 49.8 Å². The summed E-state index contributed by atoms with van der Waals surface area (Å²) < 4.78 is 0. The molecular weight excluding hydrogens is 204 g/mol. The standard InChI is InChI=1S/C14H17Cl/c1-3-5-6-7-8-13-10-9-12(4-2)11-14(13)15/h2,9-11H,3,5-8H2,1H3. The van der Waals surface area contributed by atoms with Gasteiger partial charge in [-0.3, -0.25) is 0 Å². The molecule has 1 rings (SSSR count). The average molecular weight is 221 g/mol. The molecule has 0 aromatic heterocycles. The van der Waals surface area contributed by atoms with E-state index in [-0.39, 0.29) is 0 Å². The fourth-order valence-electron chi connectivity index (χ4n) is 1.58. The molecule has 0 spiro atoms. The molecular formula is C14H17Cl. The van der Waals surface area contributed by atoms with Gasteiger partial charge < -0.3 is 0 Å². The third kappa shape index (κ3) is 3.98. The van der Waals surface area contributed by atoms with Gasteiger partial charge in [0.1, 0.15) is 0 Å². The van der Waals surface area contributed by atoms with Crippen molar-refractivity contribution in [3.05, 3.63) is 34.3 Å². The highest BCUT2D eigenvalue weighted by Gasteiger charge is 2.00. The van der Waals surface area contributed by atoms with E-state index >= 15 is 0 Å². The molecule has 0 N–H and O–H groups in total. The van der Waals surface area contributed by atoms with Crippen molar-refractivity contribution in [1.82, 2.24) is 0 Å². The maximum absolute atomic E-state index is 6.13. The molecule has 0 aliphatic carbocycles. The lowest BCUT2D eigenvalue weighted by atomic mass is 10.0. The Bertz CT molecular complexity index is 347. The maximum atomic E-state index is 6.13. The van der Waals surface area contributed by atoms with E-state index in [1.54, 1.807) is 0 Å². The third-order valence-electron chi connectivity index (χ3n) is 2.52. The fraction of sp³-hybridized carbons (Fsp3) is 0.429. The second-order valence-electron chi connectivity index (χ2n) is 3.76. The molecule has 0 aliphatic rings. The van der Waals surface area contributed by atoms with Crippen LogP contribution in [0.5, 0.6) is 0 Å². The van der Waals surface area contributed by atoms with Crippen LogP contribution in [0.15, 0.2) is 18.2 Å². The van der Waals surface area contributed by atoms with Crippen molar-refractivity contribution in [3.63, 3.8) is 0 Å². The zero-order valence-corrected chi connectivity index (χ0v) is 9.98. The zero-order valence-electron chi connectivity index (χ0n) is 9.22. The van der Waals surface area contributed by atoms with Crippen LogP contribution in [0.3, 0.4) is 0 Å². The van der Waals surface area contributed by atoms with Gasteiger partial charge in [-0.25, -0.2) is 0 Å². The van der Waals surface area contributed by atoms with Crippen molar-refractivity contribution >= 4 is 11.6 Å². The van der Waals surface area contributed by atoms with E-state index in [4.69, 9.17) is 18.0 Å². The normalized spacial score (nSPS) is 9.93. The van der Waals surface area contributed by atoms with E-state index < -0.39 is 0 Å². The molecule has 0 saturated carbocycles. The lowest BCUT2D eigenvalue weighted by Crippen LogP contribution is -1.88. The highest BCUT2D eigenvalue weighted by atomic mass is 35.5. The SMILES string of the molecule is C#Cc1ccc(CCCCCC)c(Cl)c1. The molecule has 0 heterocycles. The Hall–Kier alpha value is -0.930. The van der Waals surface area contributed by atoms with Crippen LogP contribution in [0, 0.1) is 12.3 Å². The summed E-state index contributed by atoms with van der Waals surface area (Å²) in [5.74, 6) is 2.59. The summed E-state index contributed by atoms with van der Waals surface area (Å²) in [6.07, 6.45) is 11.4. The number of hydrogen-bond acceptors (Lipinski definition) is 0. The molecule has 80 valence electrons. The lowest BCUT2D eigenvalue weighted by Gasteiger charge is -2.04. The second kappa shape index (κ2) is 6.53. The Kier molecular flexibility index (Phi) is 5.29. The molecule has 0 atom stereocenters. The summed E-state index contributed by atoms with van der Waals surface area (Å²) >= 11 is 6.13. The van der Waals surface area contributed by atoms with Crippen molar-refractivity contribution in [1.29, 1.82) is 0 Å². The van der Waals surface area contributed by atoms with Gasteiger partial charge in [0.15, 0.2) is 0 Å². The molecule has 1 heteroatoms. The molecule has 0 saturated heterocycles. The van der Waals surface area contributed by atoms with Crippen LogP contribution in [0.2, 0.25) is 5.02 Å². The van der Waals surface area contributed by atoms with E-state index in [1.807, 2.05) is 18.2 Å². The number of rotatable bonds is 5. The molecule has 0 nitrogen and oxygen atoms in total. The Morgan fingerprint density at radius 3 is 2.67 bits per heavy atom. The first kappa shape index (κ1) is 12.1. The minimum absolute atomic E-state index is 0.807. The highest BCUT2D eigenvalue weighted by molar-refractivity contribution is 6.31. The van der Waals surface area contributed by atoms with Crippen LogP contribution in [-0.2, 0) is 6.42 Å². The van der Waals surface area contributed by atoms with Gasteiger partial charge in [0.2, 0.25) is 0 Å². The maximum Gasteiger partial charge on any atom is 0.0450 e. The molecule has 1 aromatic rings. The van der Waals surface area contributed by atoms with E-state index in [9.17, 15) is 0 Å². The van der Waals surface area contributed by atoms with E-state index in [2.05, 4.69) is 12.8 Å². The Labute approximate surface area is 97.7 Å². The monoisotopic (exact) mass is 220 g/mol. The van der Waals surface area contributed by atoms with Crippen LogP contribution in [0.25, 0.3) is 0 Å². The summed E-state index contributed by atoms with van der Waals surface area (Å²) in [7, 11) is 0. The van der Waals surface area contributed by atoms with E-state index in [0.29, 0.717) is 0 Å². The molecule has 1 aromatic carbocycles. The van der Waals surface area contributed by atoms with Crippen molar-refractivity contribution in [2.45, 2.75) is 39.0 Å². The smallest absolute Gasteiger partial charge is 0.0450 e. The van der Waals surface area contributed by atoms with E-state index in [1.165, 1.54) is 31.2 Å². The van der Waals surface area contributed by atoms with Gasteiger partial charge in [0.25, 0.3) is 0 Å². The first-order valence-corrected chi connectivity index (χ1v) is 5.90. The third-order valence-corrected chi connectivity index (χ3v) is 2.87. The Morgan fingerprint density at radius 1 is 1.27 bits per heavy atom. The second-order valence-corrected chi connectivity index (χ2v) is 4.17. The number of benzene rings is 1. The van der Waals surface area contributed by atoms with Crippen LogP contribution in [0.1, 0.15) is 43.7 Å². The summed E-state index contributed by atoms with van der Waals surface area (Å²) in [4.78, 5) is 0. The molecule has 0 bridgehead atoms. The molecule has 0 amide bonds. The Balaban J connectivity index is 2.52. The number of hydrogen-bond donors (Lipinski definition) is 0. The van der Waals surface area contributed by atoms with Gasteiger partial charge in [0.05, 0.1) is 0 Å². The van der Waals surface area contributed by atoms with Gasteiger partial charge in [-0.15, -0.1) is 6.42 Å². The van der Waals surface area contributed by atoms with Crippen LogP contribution >= 0.6 is 11.6 Å². The lowest BCUT2D eigenvalue weighted by molar-refractivity contribution is 0.667. The molecule has 0 unspecified atom stereocenters. The average Bonchev–Trinajstić information content (AvgIpc) is 2.26. The summed E-state index contributed by atoms with van der Waals surface area (Å²) in [5.41, 5.74) is 2.07. The Morgan fingerprint density at radius 2 is 2.07 bits per heavy atom. The van der Waals surface area contributed by atoms with Crippen molar-refractivity contribution in [2.75, 3.05) is 0 Å². The predicted molar refractivity (Wildman–Crippen MR) is 67.2 cm³/mol. The summed E-state index contributed by atoms with van der Waals surface area (Å²) in [6.45, 7) is 2.22. The molecule has 0 radical (unpaired) electrons. The van der Waals surface area contributed by atoms with Crippen molar-refractivity contribution in [2.24, 2.45) is 0 Å². The number of halogens is 1. The minimum Gasteiger partial charge on any atom is -0.115 e. The number of unbranched alkanes of at least 4 members (excludes halogenated alkanes) is 3. The summed E-state index contributed by atoms with van der Waals surface area (Å²) in [5, 5.41) is 0.807. The van der Waals surface area contributed by atoms with Crippen molar-refractivity contribution in [3.8, 4) is 12.3 Å².